The molecule has 7 heteroatoms. The predicted octanol–water partition coefficient (Wildman–Crippen LogP) is 2.32. The Hall–Kier alpha value is -2.93. The maximum absolute atomic E-state index is 6.31. The molecule has 0 aliphatic heterocycles. The summed E-state index contributed by atoms with van der Waals surface area (Å²) >= 11 is 0. The van der Waals surface area contributed by atoms with Crippen LogP contribution in [0.15, 0.2) is 42.7 Å². The van der Waals surface area contributed by atoms with E-state index in [1.165, 1.54) is 0 Å². The Morgan fingerprint density at radius 1 is 1.17 bits per heavy atom. The number of hydrogen-bond donors (Lipinski definition) is 2. The van der Waals surface area contributed by atoms with Gasteiger partial charge in [-0.05, 0) is 36.8 Å². The summed E-state index contributed by atoms with van der Waals surface area (Å²) in [6, 6.07) is 8.84. The van der Waals surface area contributed by atoms with Gasteiger partial charge in [0.25, 0.3) is 0 Å². The Balaban J connectivity index is 1.87. The van der Waals surface area contributed by atoms with Gasteiger partial charge < -0.3 is 15.2 Å². The fourth-order valence-electron chi connectivity index (χ4n) is 2.35. The number of rotatable bonds is 6. The average Bonchev–Trinajstić information content (AvgIpc) is 3.12. The minimum absolute atomic E-state index is 0.447. The molecule has 124 valence electrons. The summed E-state index contributed by atoms with van der Waals surface area (Å²) < 4.78 is 10.9. The van der Waals surface area contributed by atoms with E-state index >= 15 is 0 Å². The van der Waals surface area contributed by atoms with Crippen molar-refractivity contribution in [3.63, 3.8) is 0 Å². The van der Waals surface area contributed by atoms with Crippen LogP contribution in [0, 0.1) is 0 Å². The number of benzene rings is 1. The number of ether oxygens (including phenoxy) is 2. The minimum Gasteiger partial charge on any atom is -0.493 e. The molecule has 2 heterocycles. The topological polar surface area (TPSA) is 98.9 Å². The third kappa shape index (κ3) is 3.21. The highest BCUT2D eigenvalue weighted by Gasteiger charge is 2.17. The predicted molar refractivity (Wildman–Crippen MR) is 89.8 cm³/mol. The van der Waals surface area contributed by atoms with E-state index in [-0.39, 0.29) is 0 Å². The summed E-state index contributed by atoms with van der Waals surface area (Å²) in [5.41, 5.74) is 8.05. The minimum atomic E-state index is -0.447. The fourth-order valence-corrected chi connectivity index (χ4v) is 2.35. The second kappa shape index (κ2) is 7.10. The number of nitrogens with zero attached hydrogens (tertiary/aromatic N) is 3. The Bertz CT molecular complexity index is 804. The molecule has 1 aromatic carbocycles. The molecule has 3 rings (SSSR count). The van der Waals surface area contributed by atoms with E-state index in [4.69, 9.17) is 15.2 Å². The van der Waals surface area contributed by atoms with Crippen molar-refractivity contribution in [2.24, 2.45) is 5.73 Å². The van der Waals surface area contributed by atoms with Crippen LogP contribution in [-0.4, -0.2) is 33.9 Å². The molecule has 0 saturated heterocycles. The summed E-state index contributed by atoms with van der Waals surface area (Å²) in [6.07, 6.45) is 3.39. The van der Waals surface area contributed by atoms with Crippen LogP contribution in [0.4, 0.5) is 0 Å². The largest absolute Gasteiger partial charge is 0.493 e. The fraction of sp³-hybridized carbons (Fsp3) is 0.235. The SMILES string of the molecule is CCOc1ccc([C@H](N)c2nc(-c3ccncc3)n[nH]2)cc1OC. The molecular weight excluding hydrogens is 306 g/mol. The van der Waals surface area contributed by atoms with Crippen LogP contribution in [0.25, 0.3) is 11.4 Å². The Labute approximate surface area is 139 Å². The smallest absolute Gasteiger partial charge is 0.181 e. The van der Waals surface area contributed by atoms with Gasteiger partial charge in [0, 0.05) is 18.0 Å². The molecule has 3 aromatic rings. The van der Waals surface area contributed by atoms with Crippen LogP contribution >= 0.6 is 0 Å². The number of hydrogen-bond acceptors (Lipinski definition) is 6. The Morgan fingerprint density at radius 2 is 1.96 bits per heavy atom. The van der Waals surface area contributed by atoms with Gasteiger partial charge >= 0.3 is 0 Å². The standard InChI is InChI=1S/C17H19N5O2/c1-3-24-13-5-4-12(10-14(13)23-2)15(18)17-20-16(21-22-17)11-6-8-19-9-7-11/h4-10,15H,3,18H2,1-2H3,(H,20,21,22)/t15-/m0/s1. The Kier molecular flexibility index (Phi) is 4.72. The van der Waals surface area contributed by atoms with Crippen molar-refractivity contribution >= 4 is 0 Å². The van der Waals surface area contributed by atoms with Gasteiger partial charge in [-0.1, -0.05) is 6.07 Å². The lowest BCUT2D eigenvalue weighted by Crippen LogP contribution is -2.14. The van der Waals surface area contributed by atoms with Gasteiger partial charge in [0.2, 0.25) is 0 Å². The van der Waals surface area contributed by atoms with Gasteiger partial charge in [0.05, 0.1) is 19.8 Å². The lowest BCUT2D eigenvalue weighted by atomic mass is 10.1. The molecule has 0 amide bonds. The molecule has 0 fully saturated rings. The van der Waals surface area contributed by atoms with Crippen molar-refractivity contribution in [3.8, 4) is 22.9 Å². The number of aromatic nitrogens is 4. The molecule has 0 bridgehead atoms. The van der Waals surface area contributed by atoms with Crippen LogP contribution in [0.2, 0.25) is 0 Å². The highest BCUT2D eigenvalue weighted by molar-refractivity contribution is 5.53. The summed E-state index contributed by atoms with van der Waals surface area (Å²) in [7, 11) is 1.60. The third-order valence-corrected chi connectivity index (χ3v) is 3.58. The van der Waals surface area contributed by atoms with E-state index in [1.807, 2.05) is 37.3 Å². The van der Waals surface area contributed by atoms with Gasteiger partial charge in [-0.25, -0.2) is 4.98 Å². The van der Waals surface area contributed by atoms with E-state index in [2.05, 4.69) is 20.2 Å². The summed E-state index contributed by atoms with van der Waals surface area (Å²) in [5, 5.41) is 7.12. The molecular formula is C17H19N5O2. The molecule has 0 spiro atoms. The molecule has 0 aliphatic rings. The molecule has 24 heavy (non-hydrogen) atoms. The molecule has 2 aromatic heterocycles. The van der Waals surface area contributed by atoms with E-state index in [0.717, 1.165) is 11.1 Å². The first-order valence-electron chi connectivity index (χ1n) is 7.62. The van der Waals surface area contributed by atoms with E-state index in [1.54, 1.807) is 19.5 Å². The van der Waals surface area contributed by atoms with Gasteiger partial charge in [-0.3, -0.25) is 10.1 Å². The third-order valence-electron chi connectivity index (χ3n) is 3.58. The molecule has 3 N–H and O–H groups in total. The lowest BCUT2D eigenvalue weighted by molar-refractivity contribution is 0.310. The summed E-state index contributed by atoms with van der Waals surface area (Å²) in [4.78, 5) is 8.47. The molecule has 7 nitrogen and oxygen atoms in total. The maximum Gasteiger partial charge on any atom is 0.181 e. The second-order valence-corrected chi connectivity index (χ2v) is 5.10. The molecule has 0 saturated carbocycles. The Morgan fingerprint density at radius 3 is 2.67 bits per heavy atom. The van der Waals surface area contributed by atoms with Crippen molar-refractivity contribution in [3.05, 3.63) is 54.1 Å². The zero-order valence-corrected chi connectivity index (χ0v) is 13.6. The zero-order valence-electron chi connectivity index (χ0n) is 13.6. The monoisotopic (exact) mass is 325 g/mol. The maximum atomic E-state index is 6.31. The van der Waals surface area contributed by atoms with Crippen LogP contribution in [0.1, 0.15) is 24.4 Å². The molecule has 1 atom stereocenters. The summed E-state index contributed by atoms with van der Waals surface area (Å²) in [5.74, 6) is 2.48. The van der Waals surface area contributed by atoms with E-state index in [0.29, 0.717) is 29.8 Å². The first-order valence-corrected chi connectivity index (χ1v) is 7.62. The van der Waals surface area contributed by atoms with Crippen molar-refractivity contribution in [1.29, 1.82) is 0 Å². The van der Waals surface area contributed by atoms with Crippen LogP contribution in [0.3, 0.4) is 0 Å². The van der Waals surface area contributed by atoms with E-state index < -0.39 is 6.04 Å². The first kappa shape index (κ1) is 15.9. The van der Waals surface area contributed by atoms with Gasteiger partial charge in [0.1, 0.15) is 5.82 Å². The van der Waals surface area contributed by atoms with Crippen molar-refractivity contribution in [2.75, 3.05) is 13.7 Å². The lowest BCUT2D eigenvalue weighted by Gasteiger charge is -2.13. The number of nitrogens with one attached hydrogen (secondary N) is 1. The number of aromatic amines is 1. The number of H-pyrrole nitrogens is 1. The number of methoxy groups -OCH3 is 1. The molecule has 0 aliphatic carbocycles. The zero-order chi connectivity index (χ0) is 16.9. The molecule has 0 radical (unpaired) electrons. The quantitative estimate of drug-likeness (QED) is 0.721. The highest BCUT2D eigenvalue weighted by Crippen LogP contribution is 2.31. The number of pyridine rings is 1. The van der Waals surface area contributed by atoms with Crippen LogP contribution in [0.5, 0.6) is 11.5 Å². The molecule has 0 unspecified atom stereocenters. The van der Waals surface area contributed by atoms with Crippen molar-refractivity contribution < 1.29 is 9.47 Å². The van der Waals surface area contributed by atoms with Gasteiger partial charge in [-0.2, -0.15) is 5.10 Å². The number of nitrogens with two attached hydrogens (primary N) is 1. The summed E-state index contributed by atoms with van der Waals surface area (Å²) in [6.45, 7) is 2.49. The normalized spacial score (nSPS) is 12.0. The van der Waals surface area contributed by atoms with Crippen molar-refractivity contribution in [2.45, 2.75) is 13.0 Å². The van der Waals surface area contributed by atoms with E-state index in [9.17, 15) is 0 Å². The second-order valence-electron chi connectivity index (χ2n) is 5.10. The van der Waals surface area contributed by atoms with Crippen LogP contribution < -0.4 is 15.2 Å². The van der Waals surface area contributed by atoms with Crippen LogP contribution in [-0.2, 0) is 0 Å². The highest BCUT2D eigenvalue weighted by atomic mass is 16.5. The van der Waals surface area contributed by atoms with Gasteiger partial charge in [0.15, 0.2) is 17.3 Å². The average molecular weight is 325 g/mol. The first-order chi connectivity index (χ1) is 11.7. The van der Waals surface area contributed by atoms with Gasteiger partial charge in [-0.15, -0.1) is 0 Å². The van der Waals surface area contributed by atoms with Crippen molar-refractivity contribution in [1.82, 2.24) is 20.2 Å².